The van der Waals surface area contributed by atoms with Crippen molar-refractivity contribution < 1.29 is 9.66 Å². The van der Waals surface area contributed by atoms with E-state index in [2.05, 4.69) is 4.98 Å². The number of anilines is 1. The third-order valence-electron chi connectivity index (χ3n) is 3.49. The lowest BCUT2D eigenvalue weighted by atomic mass is 9.86. The monoisotopic (exact) mass is 266 g/mol. The molecule has 4 N–H and O–H groups in total. The van der Waals surface area contributed by atoms with Gasteiger partial charge in [-0.3, -0.25) is 10.1 Å². The van der Waals surface area contributed by atoms with E-state index in [1.165, 1.54) is 12.1 Å². The van der Waals surface area contributed by atoms with E-state index in [1.54, 1.807) is 0 Å². The second kappa shape index (κ2) is 5.83. The minimum Gasteiger partial charge on any atom is -0.474 e. The Hall–Kier alpha value is -1.89. The van der Waals surface area contributed by atoms with Crippen LogP contribution in [0.3, 0.4) is 0 Å². The fourth-order valence-corrected chi connectivity index (χ4v) is 2.42. The van der Waals surface area contributed by atoms with Gasteiger partial charge in [-0.2, -0.15) is 4.98 Å². The Morgan fingerprint density at radius 3 is 2.79 bits per heavy atom. The quantitative estimate of drug-likeness (QED) is 0.629. The van der Waals surface area contributed by atoms with Crippen molar-refractivity contribution in [2.45, 2.75) is 31.8 Å². The van der Waals surface area contributed by atoms with Crippen molar-refractivity contribution >= 4 is 11.5 Å². The van der Waals surface area contributed by atoms with Gasteiger partial charge in [0.05, 0.1) is 4.92 Å². The molecule has 1 heterocycles. The standard InChI is InChI=1S/C12H18N4O3/c13-7-8-3-1-2-4-10(8)19-11-6-5-9(16(17)18)12(14)15-11/h5-6,8,10H,1-4,7,13H2,(H2,14,15). The van der Waals surface area contributed by atoms with Crippen LogP contribution in [-0.2, 0) is 0 Å². The van der Waals surface area contributed by atoms with Crippen LogP contribution in [0.5, 0.6) is 5.88 Å². The number of ether oxygens (including phenoxy) is 1. The van der Waals surface area contributed by atoms with E-state index in [-0.39, 0.29) is 17.6 Å². The van der Waals surface area contributed by atoms with E-state index in [0.29, 0.717) is 18.3 Å². The zero-order chi connectivity index (χ0) is 13.8. The third-order valence-corrected chi connectivity index (χ3v) is 3.49. The van der Waals surface area contributed by atoms with Gasteiger partial charge in [0, 0.05) is 18.1 Å². The number of nitrogens with zero attached hydrogens (tertiary/aromatic N) is 2. The summed E-state index contributed by atoms with van der Waals surface area (Å²) >= 11 is 0. The van der Waals surface area contributed by atoms with Gasteiger partial charge in [-0.05, 0) is 25.8 Å². The summed E-state index contributed by atoms with van der Waals surface area (Å²) in [6.45, 7) is 0.577. The Morgan fingerprint density at radius 1 is 1.42 bits per heavy atom. The van der Waals surface area contributed by atoms with Crippen LogP contribution in [0.2, 0.25) is 0 Å². The molecular formula is C12H18N4O3. The van der Waals surface area contributed by atoms with Gasteiger partial charge in [-0.1, -0.05) is 6.42 Å². The topological polar surface area (TPSA) is 117 Å². The lowest BCUT2D eigenvalue weighted by molar-refractivity contribution is -0.384. The van der Waals surface area contributed by atoms with Crippen LogP contribution in [0, 0.1) is 16.0 Å². The maximum atomic E-state index is 10.6. The van der Waals surface area contributed by atoms with Crippen molar-refractivity contribution in [2.24, 2.45) is 11.7 Å². The summed E-state index contributed by atoms with van der Waals surface area (Å²) in [6.07, 6.45) is 4.26. The van der Waals surface area contributed by atoms with Gasteiger partial charge in [-0.15, -0.1) is 0 Å². The molecule has 1 fully saturated rings. The largest absolute Gasteiger partial charge is 0.474 e. The van der Waals surface area contributed by atoms with Gasteiger partial charge < -0.3 is 16.2 Å². The molecule has 0 spiro atoms. The highest BCUT2D eigenvalue weighted by molar-refractivity contribution is 5.53. The Bertz CT molecular complexity index is 466. The molecule has 7 heteroatoms. The zero-order valence-corrected chi connectivity index (χ0v) is 10.6. The van der Waals surface area contributed by atoms with Crippen molar-refractivity contribution in [3.05, 3.63) is 22.2 Å². The van der Waals surface area contributed by atoms with Crippen LogP contribution in [-0.4, -0.2) is 22.6 Å². The second-order valence-electron chi connectivity index (χ2n) is 4.75. The summed E-state index contributed by atoms with van der Waals surface area (Å²) in [5, 5.41) is 10.6. The molecule has 1 aliphatic rings. The number of pyridine rings is 1. The van der Waals surface area contributed by atoms with Crippen LogP contribution in [0.25, 0.3) is 0 Å². The number of hydrogen-bond acceptors (Lipinski definition) is 6. The third kappa shape index (κ3) is 3.11. The Balaban J connectivity index is 2.10. The highest BCUT2D eigenvalue weighted by atomic mass is 16.6. The summed E-state index contributed by atoms with van der Waals surface area (Å²) in [7, 11) is 0. The number of rotatable bonds is 4. The van der Waals surface area contributed by atoms with E-state index in [4.69, 9.17) is 16.2 Å². The van der Waals surface area contributed by atoms with Gasteiger partial charge >= 0.3 is 5.69 Å². The van der Waals surface area contributed by atoms with Crippen molar-refractivity contribution in [1.29, 1.82) is 0 Å². The highest BCUT2D eigenvalue weighted by Crippen LogP contribution is 2.29. The number of nitrogens with two attached hydrogens (primary N) is 2. The summed E-state index contributed by atoms with van der Waals surface area (Å²) in [6, 6.07) is 2.80. The fourth-order valence-electron chi connectivity index (χ4n) is 2.42. The average molecular weight is 266 g/mol. The molecule has 0 radical (unpaired) electrons. The first-order chi connectivity index (χ1) is 9.11. The molecular weight excluding hydrogens is 248 g/mol. The zero-order valence-electron chi connectivity index (χ0n) is 10.6. The highest BCUT2D eigenvalue weighted by Gasteiger charge is 2.26. The van der Waals surface area contributed by atoms with Gasteiger partial charge in [0.2, 0.25) is 11.7 Å². The molecule has 0 aliphatic heterocycles. The Morgan fingerprint density at radius 2 is 2.16 bits per heavy atom. The first kappa shape index (κ1) is 13.5. The molecule has 1 aliphatic carbocycles. The molecule has 2 unspecified atom stereocenters. The van der Waals surface area contributed by atoms with E-state index >= 15 is 0 Å². The summed E-state index contributed by atoms with van der Waals surface area (Å²) in [4.78, 5) is 14.0. The molecule has 104 valence electrons. The molecule has 1 saturated carbocycles. The van der Waals surface area contributed by atoms with Crippen LogP contribution in [0.4, 0.5) is 11.5 Å². The number of nitro groups is 1. The predicted molar refractivity (Wildman–Crippen MR) is 70.7 cm³/mol. The van der Waals surface area contributed by atoms with Gasteiger partial charge in [0.15, 0.2) is 0 Å². The SMILES string of the molecule is NCC1CCCCC1Oc1ccc([N+](=O)[O-])c(N)n1. The number of nitrogen functional groups attached to an aromatic ring is 1. The molecule has 1 aromatic heterocycles. The molecule has 0 saturated heterocycles. The Labute approximate surface area is 111 Å². The van der Waals surface area contributed by atoms with E-state index in [0.717, 1.165) is 25.7 Å². The second-order valence-corrected chi connectivity index (χ2v) is 4.75. The maximum Gasteiger partial charge on any atom is 0.311 e. The van der Waals surface area contributed by atoms with Crippen LogP contribution >= 0.6 is 0 Å². The minimum absolute atomic E-state index is 0.0205. The van der Waals surface area contributed by atoms with Crippen molar-refractivity contribution in [2.75, 3.05) is 12.3 Å². The molecule has 0 bridgehead atoms. The van der Waals surface area contributed by atoms with Crippen molar-refractivity contribution in [3.8, 4) is 5.88 Å². The van der Waals surface area contributed by atoms with Gasteiger partial charge in [-0.25, -0.2) is 0 Å². The molecule has 2 rings (SSSR count). The average Bonchev–Trinajstić information content (AvgIpc) is 2.39. The molecule has 19 heavy (non-hydrogen) atoms. The molecule has 0 aromatic carbocycles. The lowest BCUT2D eigenvalue weighted by Crippen LogP contribution is -2.35. The van der Waals surface area contributed by atoms with Gasteiger partial charge in [0.1, 0.15) is 6.10 Å². The number of hydrogen-bond donors (Lipinski definition) is 2. The predicted octanol–water partition coefficient (Wildman–Crippen LogP) is 1.47. The van der Waals surface area contributed by atoms with Gasteiger partial charge in [0.25, 0.3) is 0 Å². The fraction of sp³-hybridized carbons (Fsp3) is 0.583. The first-order valence-electron chi connectivity index (χ1n) is 6.39. The van der Waals surface area contributed by atoms with E-state index in [9.17, 15) is 10.1 Å². The summed E-state index contributed by atoms with van der Waals surface area (Å²) < 4.78 is 5.78. The summed E-state index contributed by atoms with van der Waals surface area (Å²) in [5.41, 5.74) is 11.1. The maximum absolute atomic E-state index is 10.6. The molecule has 7 nitrogen and oxygen atoms in total. The van der Waals surface area contributed by atoms with Crippen molar-refractivity contribution in [3.63, 3.8) is 0 Å². The Kier molecular flexibility index (Phi) is 4.16. The van der Waals surface area contributed by atoms with Crippen molar-refractivity contribution in [1.82, 2.24) is 4.98 Å². The first-order valence-corrected chi connectivity index (χ1v) is 6.39. The minimum atomic E-state index is -0.560. The van der Waals surface area contributed by atoms with E-state index < -0.39 is 4.92 Å². The molecule has 2 atom stereocenters. The van der Waals surface area contributed by atoms with E-state index in [1.807, 2.05) is 0 Å². The van der Waals surface area contributed by atoms with Crippen LogP contribution in [0.15, 0.2) is 12.1 Å². The smallest absolute Gasteiger partial charge is 0.311 e. The summed E-state index contributed by atoms with van der Waals surface area (Å²) in [5.74, 6) is 0.517. The molecule has 1 aromatic rings. The lowest BCUT2D eigenvalue weighted by Gasteiger charge is -2.30. The van der Waals surface area contributed by atoms with Crippen LogP contribution < -0.4 is 16.2 Å². The molecule has 0 amide bonds. The number of aromatic nitrogens is 1. The normalized spacial score (nSPS) is 23.0. The van der Waals surface area contributed by atoms with Crippen LogP contribution in [0.1, 0.15) is 25.7 Å².